The Kier molecular flexibility index (Phi) is 6.62. The van der Waals surface area contributed by atoms with Crippen LogP contribution in [0.3, 0.4) is 0 Å². The summed E-state index contributed by atoms with van der Waals surface area (Å²) in [6, 6.07) is 13.9. The minimum atomic E-state index is -3.55. The van der Waals surface area contributed by atoms with E-state index in [4.69, 9.17) is 23.2 Å². The third-order valence-electron chi connectivity index (χ3n) is 3.16. The minimum absolute atomic E-state index is 0.0913. The molecule has 8 heteroatoms. The van der Waals surface area contributed by atoms with E-state index in [0.717, 1.165) is 5.56 Å². The Morgan fingerprint density at radius 3 is 2.42 bits per heavy atom. The summed E-state index contributed by atoms with van der Waals surface area (Å²) in [5, 5.41) is 3.25. The number of hydrogen-bond acceptors (Lipinski definition) is 3. The topological polar surface area (TPSA) is 75.3 Å². The Labute approximate surface area is 151 Å². The van der Waals surface area contributed by atoms with Gasteiger partial charge in [-0.25, -0.2) is 13.1 Å². The number of sulfonamides is 1. The summed E-state index contributed by atoms with van der Waals surface area (Å²) in [4.78, 5) is 11.8. The molecule has 0 aliphatic carbocycles. The molecular formula is C16H16Cl2N2O3S. The molecule has 2 aromatic rings. The van der Waals surface area contributed by atoms with Gasteiger partial charge in [0.1, 0.15) is 0 Å². The smallest absolute Gasteiger partial charge is 0.239 e. The highest BCUT2D eigenvalue weighted by molar-refractivity contribution is 7.89. The first kappa shape index (κ1) is 18.7. The van der Waals surface area contributed by atoms with Gasteiger partial charge in [-0.2, -0.15) is 0 Å². The average molecular weight is 387 g/mol. The highest BCUT2D eigenvalue weighted by Gasteiger charge is 2.13. The number of nitrogens with one attached hydrogen (secondary N) is 2. The van der Waals surface area contributed by atoms with Crippen molar-refractivity contribution in [3.8, 4) is 0 Å². The molecule has 1 amide bonds. The molecule has 24 heavy (non-hydrogen) atoms. The van der Waals surface area contributed by atoms with Crippen LogP contribution in [0.5, 0.6) is 0 Å². The van der Waals surface area contributed by atoms with Gasteiger partial charge >= 0.3 is 0 Å². The van der Waals surface area contributed by atoms with Gasteiger partial charge in [0.2, 0.25) is 15.9 Å². The van der Waals surface area contributed by atoms with Gasteiger partial charge < -0.3 is 5.32 Å². The summed E-state index contributed by atoms with van der Waals surface area (Å²) in [7, 11) is -3.55. The number of anilines is 1. The Hall–Kier alpha value is -1.60. The zero-order chi connectivity index (χ0) is 17.6. The number of carbonyl (C=O) groups is 1. The van der Waals surface area contributed by atoms with Crippen molar-refractivity contribution in [2.24, 2.45) is 0 Å². The number of rotatable bonds is 7. The SMILES string of the molecule is O=C(CNS(=O)(=O)CCc1ccccc1)Nc1ccc(Cl)cc1Cl. The van der Waals surface area contributed by atoms with Gasteiger partial charge in [0.15, 0.2) is 0 Å². The van der Waals surface area contributed by atoms with Gasteiger partial charge in [0, 0.05) is 5.02 Å². The molecule has 0 bridgehead atoms. The average Bonchev–Trinajstić information content (AvgIpc) is 2.55. The predicted molar refractivity (Wildman–Crippen MR) is 97.0 cm³/mol. The molecule has 5 nitrogen and oxygen atoms in total. The van der Waals surface area contributed by atoms with E-state index in [1.165, 1.54) is 6.07 Å². The molecule has 0 unspecified atom stereocenters. The predicted octanol–water partition coefficient (Wildman–Crippen LogP) is 3.09. The lowest BCUT2D eigenvalue weighted by molar-refractivity contribution is -0.115. The highest BCUT2D eigenvalue weighted by atomic mass is 35.5. The summed E-state index contributed by atoms with van der Waals surface area (Å²) in [6.07, 6.45) is 0.376. The van der Waals surface area contributed by atoms with Crippen LogP contribution in [-0.2, 0) is 21.2 Å². The molecule has 0 radical (unpaired) electrons. The normalized spacial score (nSPS) is 11.2. The first-order chi connectivity index (χ1) is 11.4. The fourth-order valence-electron chi connectivity index (χ4n) is 1.93. The van der Waals surface area contributed by atoms with Crippen LogP contribution in [0.1, 0.15) is 5.56 Å². The van der Waals surface area contributed by atoms with E-state index >= 15 is 0 Å². The molecule has 0 saturated carbocycles. The Bertz CT molecular complexity index is 811. The second kappa shape index (κ2) is 8.48. The Morgan fingerprint density at radius 1 is 1.04 bits per heavy atom. The van der Waals surface area contributed by atoms with E-state index in [9.17, 15) is 13.2 Å². The quantitative estimate of drug-likeness (QED) is 0.767. The van der Waals surface area contributed by atoms with Gasteiger partial charge in [0.05, 0.1) is 23.0 Å². The van der Waals surface area contributed by atoms with E-state index < -0.39 is 15.9 Å². The van der Waals surface area contributed by atoms with Crippen molar-refractivity contribution in [2.45, 2.75) is 6.42 Å². The summed E-state index contributed by atoms with van der Waals surface area (Å²) >= 11 is 11.7. The van der Waals surface area contributed by atoms with Crippen molar-refractivity contribution in [1.29, 1.82) is 0 Å². The summed E-state index contributed by atoms with van der Waals surface area (Å²) in [5.41, 5.74) is 1.29. The lowest BCUT2D eigenvalue weighted by Crippen LogP contribution is -2.34. The Balaban J connectivity index is 1.83. The third-order valence-corrected chi connectivity index (χ3v) is 5.03. The number of hydrogen-bond donors (Lipinski definition) is 2. The Morgan fingerprint density at radius 2 is 1.75 bits per heavy atom. The van der Waals surface area contributed by atoms with Crippen LogP contribution in [0.25, 0.3) is 0 Å². The molecule has 2 rings (SSSR count). The number of benzene rings is 2. The van der Waals surface area contributed by atoms with E-state index in [-0.39, 0.29) is 17.3 Å². The fraction of sp³-hybridized carbons (Fsp3) is 0.188. The van der Waals surface area contributed by atoms with Gasteiger partial charge in [0.25, 0.3) is 0 Å². The molecule has 0 aromatic heterocycles. The monoisotopic (exact) mass is 386 g/mol. The van der Waals surface area contributed by atoms with Crippen molar-refractivity contribution in [2.75, 3.05) is 17.6 Å². The molecular weight excluding hydrogens is 371 g/mol. The van der Waals surface area contributed by atoms with Gasteiger partial charge in [-0.1, -0.05) is 53.5 Å². The molecule has 0 aliphatic rings. The number of carbonyl (C=O) groups excluding carboxylic acids is 1. The van der Waals surface area contributed by atoms with E-state index in [1.54, 1.807) is 12.1 Å². The van der Waals surface area contributed by atoms with Crippen molar-refractivity contribution in [3.63, 3.8) is 0 Å². The highest BCUT2D eigenvalue weighted by Crippen LogP contribution is 2.25. The zero-order valence-electron chi connectivity index (χ0n) is 12.6. The first-order valence-corrected chi connectivity index (χ1v) is 9.53. The summed E-state index contributed by atoms with van der Waals surface area (Å²) in [6.45, 7) is -0.365. The minimum Gasteiger partial charge on any atom is -0.324 e. The van der Waals surface area contributed by atoms with Crippen LogP contribution in [0.15, 0.2) is 48.5 Å². The van der Waals surface area contributed by atoms with Crippen molar-refractivity contribution in [3.05, 3.63) is 64.1 Å². The van der Waals surface area contributed by atoms with Crippen LogP contribution in [-0.4, -0.2) is 26.6 Å². The lowest BCUT2D eigenvalue weighted by atomic mass is 10.2. The molecule has 0 spiro atoms. The number of amides is 1. The number of aryl methyl sites for hydroxylation is 1. The first-order valence-electron chi connectivity index (χ1n) is 7.12. The molecule has 0 aliphatic heterocycles. The maximum atomic E-state index is 11.9. The van der Waals surface area contributed by atoms with Gasteiger partial charge in [-0.15, -0.1) is 0 Å². The molecule has 2 aromatic carbocycles. The van der Waals surface area contributed by atoms with Crippen LogP contribution in [0.4, 0.5) is 5.69 Å². The van der Waals surface area contributed by atoms with E-state index in [2.05, 4.69) is 10.0 Å². The van der Waals surface area contributed by atoms with Crippen LogP contribution < -0.4 is 10.0 Å². The van der Waals surface area contributed by atoms with E-state index in [1.807, 2.05) is 30.3 Å². The maximum Gasteiger partial charge on any atom is 0.239 e. The molecule has 2 N–H and O–H groups in total. The van der Waals surface area contributed by atoms with Crippen LogP contribution in [0.2, 0.25) is 10.0 Å². The van der Waals surface area contributed by atoms with Crippen LogP contribution >= 0.6 is 23.2 Å². The molecule has 0 fully saturated rings. The zero-order valence-corrected chi connectivity index (χ0v) is 15.0. The largest absolute Gasteiger partial charge is 0.324 e. The fourth-order valence-corrected chi connectivity index (χ4v) is 3.39. The summed E-state index contributed by atoms with van der Waals surface area (Å²) < 4.78 is 26.1. The molecule has 0 atom stereocenters. The third kappa shape index (κ3) is 6.13. The van der Waals surface area contributed by atoms with Gasteiger partial charge in [-0.05, 0) is 30.2 Å². The summed E-state index contributed by atoms with van der Waals surface area (Å²) in [5.74, 6) is -0.603. The van der Waals surface area contributed by atoms with Crippen LogP contribution in [0, 0.1) is 0 Å². The van der Waals surface area contributed by atoms with Gasteiger partial charge in [-0.3, -0.25) is 4.79 Å². The van der Waals surface area contributed by atoms with Crippen molar-refractivity contribution >= 4 is 44.8 Å². The molecule has 128 valence electrons. The lowest BCUT2D eigenvalue weighted by Gasteiger charge is -2.09. The number of halogens is 2. The molecule has 0 saturated heterocycles. The van der Waals surface area contributed by atoms with E-state index in [0.29, 0.717) is 17.1 Å². The second-order valence-electron chi connectivity index (χ2n) is 5.05. The molecule has 0 heterocycles. The second-order valence-corrected chi connectivity index (χ2v) is 7.82. The van der Waals surface area contributed by atoms with Crippen molar-refractivity contribution in [1.82, 2.24) is 4.72 Å². The van der Waals surface area contributed by atoms with Crippen molar-refractivity contribution < 1.29 is 13.2 Å². The standard InChI is InChI=1S/C16H16Cl2N2O3S/c17-13-6-7-15(14(18)10-13)20-16(21)11-19-24(22,23)9-8-12-4-2-1-3-5-12/h1-7,10,19H,8-9,11H2,(H,20,21). The maximum absolute atomic E-state index is 11.9.